The van der Waals surface area contributed by atoms with Crippen molar-refractivity contribution in [3.8, 4) is 5.75 Å². The Kier molecular flexibility index (Phi) is 3.69. The van der Waals surface area contributed by atoms with Gasteiger partial charge in [-0.25, -0.2) is 17.2 Å². The molecule has 2 heterocycles. The smallest absolute Gasteiger partial charge is 0.239 e. The van der Waals surface area contributed by atoms with E-state index in [1.54, 1.807) is 6.07 Å². The Labute approximate surface area is 126 Å². The minimum atomic E-state index is -3.83. The largest absolute Gasteiger partial charge is 0.489 e. The van der Waals surface area contributed by atoms with Crippen LogP contribution >= 0.6 is 0 Å². The van der Waals surface area contributed by atoms with Crippen molar-refractivity contribution in [3.63, 3.8) is 0 Å². The lowest BCUT2D eigenvalue weighted by Crippen LogP contribution is -2.38. The normalized spacial score (nSPS) is 14.4. The maximum Gasteiger partial charge on any atom is 0.239 e. The van der Waals surface area contributed by atoms with Crippen LogP contribution in [0.2, 0.25) is 0 Å². The van der Waals surface area contributed by atoms with E-state index in [9.17, 15) is 17.2 Å². The second kappa shape index (κ2) is 5.53. The van der Waals surface area contributed by atoms with Crippen LogP contribution in [0.3, 0.4) is 0 Å². The van der Waals surface area contributed by atoms with Crippen LogP contribution in [0, 0.1) is 11.6 Å². The summed E-state index contributed by atoms with van der Waals surface area (Å²) in [5, 5.41) is 0. The molecular formula is C14H12F2N2O3S. The zero-order chi connectivity index (χ0) is 15.7. The summed E-state index contributed by atoms with van der Waals surface area (Å²) in [6.45, 7) is 0.311. The summed E-state index contributed by atoms with van der Waals surface area (Å²) in [6.07, 6.45) is 2.88. The maximum atomic E-state index is 13.7. The van der Waals surface area contributed by atoms with E-state index in [1.165, 1.54) is 12.4 Å². The summed E-state index contributed by atoms with van der Waals surface area (Å²) in [6, 6.07) is 4.39. The first-order valence-electron chi connectivity index (χ1n) is 6.48. The van der Waals surface area contributed by atoms with Crippen LogP contribution in [0.5, 0.6) is 5.75 Å². The van der Waals surface area contributed by atoms with E-state index >= 15 is 0 Å². The van der Waals surface area contributed by atoms with Gasteiger partial charge in [-0.2, -0.15) is 0 Å². The Hall–Kier alpha value is -2.22. The van der Waals surface area contributed by atoms with Crippen molar-refractivity contribution in [2.24, 2.45) is 0 Å². The molecule has 1 aliphatic rings. The van der Waals surface area contributed by atoms with Crippen molar-refractivity contribution < 1.29 is 21.9 Å². The topological polar surface area (TPSA) is 59.5 Å². The predicted molar refractivity (Wildman–Crippen MR) is 76.1 cm³/mol. The third kappa shape index (κ3) is 2.74. The molecule has 1 aromatic heterocycles. The third-order valence-corrected chi connectivity index (χ3v) is 5.00. The van der Waals surface area contributed by atoms with Crippen molar-refractivity contribution in [1.82, 2.24) is 4.98 Å². The summed E-state index contributed by atoms with van der Waals surface area (Å²) in [4.78, 5) is 3.89. The average molecular weight is 326 g/mol. The second-order valence-corrected chi connectivity index (χ2v) is 6.65. The number of nitrogens with zero attached hydrogens (tertiary/aromatic N) is 2. The fourth-order valence-electron chi connectivity index (χ4n) is 2.24. The lowest BCUT2D eigenvalue weighted by Gasteiger charge is -2.29. The molecule has 3 rings (SSSR count). The Balaban J connectivity index is 1.94. The Morgan fingerprint density at radius 3 is 2.86 bits per heavy atom. The summed E-state index contributed by atoms with van der Waals surface area (Å²) in [7, 11) is -3.83. The van der Waals surface area contributed by atoms with Gasteiger partial charge < -0.3 is 4.74 Å². The molecule has 0 N–H and O–H groups in total. The van der Waals surface area contributed by atoms with Gasteiger partial charge in [-0.15, -0.1) is 0 Å². The maximum absolute atomic E-state index is 13.7. The molecule has 0 radical (unpaired) electrons. The number of aromatic nitrogens is 1. The summed E-state index contributed by atoms with van der Waals surface area (Å²) >= 11 is 0. The van der Waals surface area contributed by atoms with Gasteiger partial charge in [-0.3, -0.25) is 9.29 Å². The highest BCUT2D eigenvalue weighted by Crippen LogP contribution is 2.33. The van der Waals surface area contributed by atoms with Gasteiger partial charge in [0.05, 0.1) is 18.5 Å². The number of halogens is 2. The van der Waals surface area contributed by atoms with Crippen LogP contribution in [-0.2, 0) is 15.8 Å². The first-order valence-corrected chi connectivity index (χ1v) is 8.09. The van der Waals surface area contributed by atoms with Crippen molar-refractivity contribution in [2.75, 3.05) is 17.5 Å². The fourth-order valence-corrected chi connectivity index (χ4v) is 3.82. The molecule has 22 heavy (non-hydrogen) atoms. The SMILES string of the molecule is O=S(=O)(Cc1ccc(F)cc1F)N1CCOc2ccncc21. The van der Waals surface area contributed by atoms with Crippen molar-refractivity contribution in [3.05, 3.63) is 53.9 Å². The van der Waals surface area contributed by atoms with E-state index in [2.05, 4.69) is 4.98 Å². The number of rotatable bonds is 3. The molecule has 0 amide bonds. The van der Waals surface area contributed by atoms with E-state index < -0.39 is 27.4 Å². The van der Waals surface area contributed by atoms with Gasteiger partial charge in [0.25, 0.3) is 0 Å². The molecular weight excluding hydrogens is 314 g/mol. The predicted octanol–water partition coefficient (Wildman–Crippen LogP) is 2.09. The summed E-state index contributed by atoms with van der Waals surface area (Å²) in [5.74, 6) is -1.79. The number of anilines is 1. The van der Waals surface area contributed by atoms with Gasteiger partial charge in [-0.1, -0.05) is 6.07 Å². The molecule has 0 saturated carbocycles. The Bertz CT molecular complexity index is 811. The molecule has 116 valence electrons. The number of fused-ring (bicyclic) bond motifs is 1. The molecule has 0 saturated heterocycles. The molecule has 0 spiro atoms. The standard InChI is InChI=1S/C14H12F2N2O3S/c15-11-2-1-10(12(16)7-11)9-22(19,20)18-5-6-21-14-3-4-17-8-13(14)18/h1-4,7-8H,5-6,9H2. The molecule has 0 bridgehead atoms. The molecule has 0 fully saturated rings. The molecule has 0 aliphatic carbocycles. The molecule has 5 nitrogen and oxygen atoms in total. The zero-order valence-electron chi connectivity index (χ0n) is 11.4. The Morgan fingerprint density at radius 2 is 2.09 bits per heavy atom. The highest BCUT2D eigenvalue weighted by atomic mass is 32.2. The van der Waals surface area contributed by atoms with E-state index in [4.69, 9.17) is 4.74 Å². The number of benzene rings is 1. The summed E-state index contributed by atoms with van der Waals surface area (Å²) < 4.78 is 58.2. The highest BCUT2D eigenvalue weighted by Gasteiger charge is 2.29. The molecule has 0 atom stereocenters. The van der Waals surface area contributed by atoms with Crippen LogP contribution in [0.25, 0.3) is 0 Å². The molecule has 1 aliphatic heterocycles. The van der Waals surface area contributed by atoms with Crippen LogP contribution < -0.4 is 9.04 Å². The van der Waals surface area contributed by atoms with Gasteiger partial charge in [0.1, 0.15) is 29.7 Å². The van der Waals surface area contributed by atoms with Gasteiger partial charge >= 0.3 is 0 Å². The molecule has 8 heteroatoms. The third-order valence-electron chi connectivity index (χ3n) is 3.27. The van der Waals surface area contributed by atoms with Crippen LogP contribution in [0.4, 0.5) is 14.5 Å². The summed E-state index contributed by atoms with van der Waals surface area (Å²) in [5.41, 5.74) is 0.231. The van der Waals surface area contributed by atoms with Crippen LogP contribution in [0.1, 0.15) is 5.56 Å². The van der Waals surface area contributed by atoms with Gasteiger partial charge in [-0.05, 0) is 6.07 Å². The number of hydrogen-bond donors (Lipinski definition) is 0. The van der Waals surface area contributed by atoms with E-state index in [-0.39, 0.29) is 18.7 Å². The zero-order valence-corrected chi connectivity index (χ0v) is 12.2. The quantitative estimate of drug-likeness (QED) is 0.866. The minimum Gasteiger partial charge on any atom is -0.489 e. The van der Waals surface area contributed by atoms with E-state index in [0.717, 1.165) is 16.4 Å². The first-order chi connectivity index (χ1) is 10.5. The van der Waals surface area contributed by atoms with Crippen LogP contribution in [0.15, 0.2) is 36.7 Å². The second-order valence-electron chi connectivity index (χ2n) is 4.76. The first kappa shape index (κ1) is 14.7. The van der Waals surface area contributed by atoms with E-state index in [0.29, 0.717) is 17.5 Å². The number of ether oxygens (including phenoxy) is 1. The van der Waals surface area contributed by atoms with Gasteiger partial charge in [0.15, 0.2) is 0 Å². The molecule has 0 unspecified atom stereocenters. The molecule has 1 aromatic carbocycles. The number of pyridine rings is 1. The lowest BCUT2D eigenvalue weighted by atomic mass is 10.2. The van der Waals surface area contributed by atoms with Crippen molar-refractivity contribution >= 4 is 15.7 Å². The van der Waals surface area contributed by atoms with Crippen LogP contribution in [-0.4, -0.2) is 26.6 Å². The fraction of sp³-hybridized carbons (Fsp3) is 0.214. The minimum absolute atomic E-state index is 0.0849. The molecule has 2 aromatic rings. The highest BCUT2D eigenvalue weighted by molar-refractivity contribution is 7.92. The number of hydrogen-bond acceptors (Lipinski definition) is 4. The van der Waals surface area contributed by atoms with Crippen molar-refractivity contribution in [1.29, 1.82) is 0 Å². The van der Waals surface area contributed by atoms with Crippen molar-refractivity contribution in [2.45, 2.75) is 5.75 Å². The average Bonchev–Trinajstić information content (AvgIpc) is 2.49. The van der Waals surface area contributed by atoms with E-state index in [1.807, 2.05) is 0 Å². The monoisotopic (exact) mass is 326 g/mol. The van der Waals surface area contributed by atoms with Gasteiger partial charge in [0, 0.05) is 23.9 Å². The lowest BCUT2D eigenvalue weighted by molar-refractivity contribution is 0.315. The number of sulfonamides is 1. The Morgan fingerprint density at radius 1 is 1.27 bits per heavy atom. The van der Waals surface area contributed by atoms with Gasteiger partial charge in [0.2, 0.25) is 10.0 Å².